The molecular formula is C17H17ClF3N2NaO5. The number of ether oxygens (including phenoxy) is 3. The van der Waals surface area contributed by atoms with Crippen molar-refractivity contribution in [1.29, 1.82) is 0 Å². The van der Waals surface area contributed by atoms with Gasteiger partial charge in [-0.3, -0.25) is 0 Å². The first kappa shape index (κ1) is 27.6. The number of halogens is 4. The molecule has 0 saturated heterocycles. The first-order valence-corrected chi connectivity index (χ1v) is 8.04. The minimum absolute atomic E-state index is 0. The van der Waals surface area contributed by atoms with Crippen LogP contribution in [0.5, 0.6) is 11.6 Å². The van der Waals surface area contributed by atoms with E-state index in [1.54, 1.807) is 0 Å². The number of carbonyl (C=O) groups excluding carboxylic acids is 1. The first-order chi connectivity index (χ1) is 13.3. The molecule has 2 rings (SSSR count). The molecule has 1 aromatic carbocycles. The average Bonchev–Trinajstić information content (AvgIpc) is 2.68. The van der Waals surface area contributed by atoms with Crippen molar-refractivity contribution in [3.63, 3.8) is 0 Å². The van der Waals surface area contributed by atoms with Gasteiger partial charge in [0.15, 0.2) is 5.15 Å². The van der Waals surface area contributed by atoms with E-state index in [0.29, 0.717) is 0 Å². The smallest absolute Gasteiger partial charge is 0.857 e. The Morgan fingerprint density at radius 3 is 2.41 bits per heavy atom. The normalized spacial score (nSPS) is 10.3. The third-order valence-electron chi connectivity index (χ3n) is 3.31. The largest absolute Gasteiger partial charge is 1.00 e. The van der Waals surface area contributed by atoms with Gasteiger partial charge in [-0.1, -0.05) is 17.7 Å². The van der Waals surface area contributed by atoms with E-state index in [2.05, 4.69) is 10.2 Å². The summed E-state index contributed by atoms with van der Waals surface area (Å²) in [6, 6.07) is 4.14. The molecular weight excluding hydrogens is 428 g/mol. The molecule has 0 radical (unpaired) electrons. The molecule has 0 atom stereocenters. The van der Waals surface area contributed by atoms with E-state index in [1.165, 1.54) is 19.2 Å². The first-order valence-electron chi connectivity index (χ1n) is 7.66. The van der Waals surface area contributed by atoms with Crippen molar-refractivity contribution in [2.24, 2.45) is 0 Å². The molecule has 0 aliphatic heterocycles. The number of benzene rings is 1. The molecule has 12 heteroatoms. The third kappa shape index (κ3) is 7.72. The van der Waals surface area contributed by atoms with Gasteiger partial charge < -0.3 is 19.3 Å². The number of esters is 1. The van der Waals surface area contributed by atoms with Gasteiger partial charge in [0, 0.05) is 12.7 Å². The maximum atomic E-state index is 12.8. The maximum absolute atomic E-state index is 12.8. The molecule has 0 N–H and O–H groups in total. The molecule has 1 heterocycles. The van der Waals surface area contributed by atoms with E-state index >= 15 is 0 Å². The van der Waals surface area contributed by atoms with Gasteiger partial charge in [0.25, 0.3) is 5.88 Å². The Morgan fingerprint density at radius 2 is 1.86 bits per heavy atom. The molecule has 7 nitrogen and oxygen atoms in total. The van der Waals surface area contributed by atoms with Gasteiger partial charge in [-0.05, 0) is 24.6 Å². The number of rotatable bonds is 6. The number of alkyl halides is 3. The Kier molecular flexibility index (Phi) is 12.3. The molecule has 0 saturated carbocycles. The summed E-state index contributed by atoms with van der Waals surface area (Å²) < 4.78 is 53.5. The topological polar surface area (TPSA) is 93.6 Å². The number of hydrogen-bond acceptors (Lipinski definition) is 7. The summed E-state index contributed by atoms with van der Waals surface area (Å²) in [5.41, 5.74) is -0.768. The van der Waals surface area contributed by atoms with Crippen molar-refractivity contribution in [2.75, 3.05) is 27.9 Å². The van der Waals surface area contributed by atoms with Gasteiger partial charge in [-0.25, -0.2) is 4.79 Å². The summed E-state index contributed by atoms with van der Waals surface area (Å²) >= 11 is 5.98. The van der Waals surface area contributed by atoms with Gasteiger partial charge in [0.2, 0.25) is 0 Å². The Labute approximate surface area is 192 Å². The molecule has 0 spiro atoms. The number of hydrogen-bond donors (Lipinski definition) is 0. The second-order valence-corrected chi connectivity index (χ2v) is 5.37. The Hall–Kier alpha value is -1.43. The molecule has 2 aromatic rings. The predicted octanol–water partition coefficient (Wildman–Crippen LogP) is -0.103. The van der Waals surface area contributed by atoms with Crippen LogP contribution in [0.2, 0.25) is 5.15 Å². The van der Waals surface area contributed by atoms with Crippen LogP contribution in [0.4, 0.5) is 13.2 Å². The molecule has 1 aromatic heterocycles. The van der Waals surface area contributed by atoms with Gasteiger partial charge in [-0.2, -0.15) is 20.3 Å². The van der Waals surface area contributed by atoms with Crippen LogP contribution < -0.4 is 39.4 Å². The molecule has 0 fully saturated rings. The maximum Gasteiger partial charge on any atom is 1.00 e. The fourth-order valence-corrected chi connectivity index (χ4v) is 2.32. The van der Waals surface area contributed by atoms with Crippen molar-refractivity contribution in [3.05, 3.63) is 46.1 Å². The van der Waals surface area contributed by atoms with Crippen LogP contribution in [0.1, 0.15) is 21.5 Å². The van der Waals surface area contributed by atoms with Crippen LogP contribution in [0.15, 0.2) is 24.3 Å². The number of carbonyl (C=O) groups is 1. The zero-order valence-electron chi connectivity index (χ0n) is 16.2. The van der Waals surface area contributed by atoms with E-state index < -0.39 is 17.7 Å². The summed E-state index contributed by atoms with van der Waals surface area (Å²) in [5.74, 6) is -1.29. The van der Waals surface area contributed by atoms with E-state index in [0.717, 1.165) is 26.4 Å². The van der Waals surface area contributed by atoms with Crippen LogP contribution in [-0.2, 0) is 22.1 Å². The Balaban J connectivity index is 0.00000253. The average molecular weight is 445 g/mol. The van der Waals surface area contributed by atoms with Crippen molar-refractivity contribution in [2.45, 2.75) is 12.6 Å². The zero-order chi connectivity index (χ0) is 21.3. The Morgan fingerprint density at radius 1 is 1.21 bits per heavy atom. The second kappa shape index (κ2) is 13.0. The summed E-state index contributed by atoms with van der Waals surface area (Å²) in [6.07, 6.45) is -4.34. The molecule has 0 aliphatic rings. The SMILES string of the molecule is COCCc1c(Cl)nnc(Oc2cccc(C(F)(F)F)c2)c1C(=O)OC.C[O-].[Na+]. The van der Waals surface area contributed by atoms with Crippen molar-refractivity contribution in [1.82, 2.24) is 10.2 Å². The third-order valence-corrected chi connectivity index (χ3v) is 3.62. The predicted molar refractivity (Wildman–Crippen MR) is 91.4 cm³/mol. The van der Waals surface area contributed by atoms with Crippen LogP contribution >= 0.6 is 11.6 Å². The van der Waals surface area contributed by atoms with Crippen LogP contribution in [0.25, 0.3) is 0 Å². The fraction of sp³-hybridized carbons (Fsp3) is 0.353. The Bertz CT molecular complexity index is 809. The summed E-state index contributed by atoms with van der Waals surface area (Å²) in [4.78, 5) is 12.1. The van der Waals surface area contributed by atoms with Crippen LogP contribution in [-0.4, -0.2) is 44.1 Å². The molecule has 0 unspecified atom stereocenters. The minimum Gasteiger partial charge on any atom is -0.857 e. The summed E-state index contributed by atoms with van der Waals surface area (Å²) in [5, 5.41) is 15.6. The quantitative estimate of drug-likeness (QED) is 0.453. The van der Waals surface area contributed by atoms with E-state index in [4.69, 9.17) is 30.9 Å². The number of nitrogens with zero attached hydrogens (tertiary/aromatic N) is 2. The van der Waals surface area contributed by atoms with Crippen LogP contribution in [0, 0.1) is 0 Å². The molecule has 0 bridgehead atoms. The number of aromatic nitrogens is 2. The van der Waals surface area contributed by atoms with Crippen LogP contribution in [0.3, 0.4) is 0 Å². The van der Waals surface area contributed by atoms with E-state index in [1.807, 2.05) is 0 Å². The standard InChI is InChI=1S/C16H14ClF3N2O4.CH3O.Na/c1-24-7-6-11-12(15(23)25-2)14(22-21-13(11)17)26-10-5-3-4-9(8-10)16(18,19)20;1-2;/h3-5,8H,6-7H2,1-2H3;1H3;/q;-1;+1. The van der Waals surface area contributed by atoms with Gasteiger partial charge in [0.05, 0.1) is 19.3 Å². The van der Waals surface area contributed by atoms with Gasteiger partial charge >= 0.3 is 41.7 Å². The van der Waals surface area contributed by atoms with E-state index in [-0.39, 0.29) is 70.5 Å². The molecule has 0 amide bonds. The van der Waals surface area contributed by atoms with Crippen molar-refractivity contribution in [3.8, 4) is 11.6 Å². The molecule has 154 valence electrons. The summed E-state index contributed by atoms with van der Waals surface area (Å²) in [7, 11) is 3.35. The second-order valence-electron chi connectivity index (χ2n) is 5.01. The fourth-order valence-electron chi connectivity index (χ4n) is 2.10. The number of methoxy groups -OCH3 is 2. The van der Waals surface area contributed by atoms with Gasteiger partial charge in [-0.15, -0.1) is 10.2 Å². The minimum atomic E-state index is -4.54. The summed E-state index contributed by atoms with van der Waals surface area (Å²) in [6.45, 7) is 0.221. The monoisotopic (exact) mass is 444 g/mol. The van der Waals surface area contributed by atoms with E-state index in [9.17, 15) is 18.0 Å². The van der Waals surface area contributed by atoms with Crippen molar-refractivity contribution >= 4 is 17.6 Å². The molecule has 29 heavy (non-hydrogen) atoms. The van der Waals surface area contributed by atoms with Gasteiger partial charge in [0.1, 0.15) is 11.3 Å². The van der Waals surface area contributed by atoms with Crippen molar-refractivity contribution < 1.29 is 66.8 Å². The zero-order valence-corrected chi connectivity index (χ0v) is 18.9. The molecule has 0 aliphatic carbocycles.